The number of halogens is 4. The van der Waals surface area contributed by atoms with Crippen LogP contribution in [-0.2, 0) is 24.4 Å². The second-order valence-corrected chi connectivity index (χ2v) is 8.85. The van der Waals surface area contributed by atoms with Gasteiger partial charge < -0.3 is 15.0 Å². The van der Waals surface area contributed by atoms with Gasteiger partial charge in [0.15, 0.2) is 11.6 Å². The second kappa shape index (κ2) is 11.0. The third kappa shape index (κ3) is 6.68. The molecule has 0 radical (unpaired) electrons. The molecule has 186 valence electrons. The summed E-state index contributed by atoms with van der Waals surface area (Å²) in [5, 5.41) is 1.90. The highest BCUT2D eigenvalue weighted by molar-refractivity contribution is 7.88. The first-order valence-electron chi connectivity index (χ1n) is 9.68. The molecule has 2 amide bonds. The first-order valence-corrected chi connectivity index (χ1v) is 11.5. The number of anilines is 2. The van der Waals surface area contributed by atoms with Crippen molar-refractivity contribution in [3.05, 3.63) is 23.8 Å². The molecule has 1 aliphatic rings. The minimum absolute atomic E-state index is 0.0950. The summed E-state index contributed by atoms with van der Waals surface area (Å²) >= 11 is 0. The number of nitrogens with zero attached hydrogens (tertiary/aromatic N) is 3. The van der Waals surface area contributed by atoms with Gasteiger partial charge in [0.25, 0.3) is 5.91 Å². The van der Waals surface area contributed by atoms with Gasteiger partial charge in [-0.3, -0.25) is 14.5 Å². The Morgan fingerprint density at radius 3 is 2.39 bits per heavy atom. The molecule has 0 aliphatic carbocycles. The largest absolute Gasteiger partial charge is 0.442 e. The van der Waals surface area contributed by atoms with E-state index >= 15 is 0 Å². The van der Waals surface area contributed by atoms with E-state index in [0.29, 0.717) is 4.47 Å². The molecule has 1 N–H and O–H groups in total. The lowest BCUT2D eigenvalue weighted by Gasteiger charge is -2.27. The lowest BCUT2D eigenvalue weighted by atomic mass is 10.2. The van der Waals surface area contributed by atoms with Crippen molar-refractivity contribution in [3.8, 4) is 0 Å². The molecule has 0 bridgehead atoms. The molecular weight excluding hydrogens is 476 g/mol. The van der Waals surface area contributed by atoms with Crippen LogP contribution < -0.4 is 15.1 Å². The van der Waals surface area contributed by atoms with E-state index in [9.17, 15) is 35.6 Å². The monoisotopic (exact) mass is 500 g/mol. The Bertz CT molecular complexity index is 958. The maximum absolute atomic E-state index is 14.8. The average Bonchev–Trinajstić information content (AvgIpc) is 3.09. The van der Waals surface area contributed by atoms with Crippen LogP contribution in [0.1, 0.15) is 6.92 Å². The molecule has 33 heavy (non-hydrogen) atoms. The fourth-order valence-electron chi connectivity index (χ4n) is 3.16. The summed E-state index contributed by atoms with van der Waals surface area (Å²) in [4.78, 5) is 30.0. The minimum Gasteiger partial charge on any atom is -0.442 e. The summed E-state index contributed by atoms with van der Waals surface area (Å²) in [6.45, 7) is 0.826. The van der Waals surface area contributed by atoms with Gasteiger partial charge in [0.05, 0.1) is 38.7 Å². The van der Waals surface area contributed by atoms with E-state index in [2.05, 4.69) is 0 Å². The maximum atomic E-state index is 14.8. The number of nitrogens with one attached hydrogen (secondary N) is 1. The van der Waals surface area contributed by atoms with Gasteiger partial charge in [-0.25, -0.2) is 22.0 Å². The maximum Gasteiger partial charge on any atom is 0.414 e. The summed E-state index contributed by atoms with van der Waals surface area (Å²) in [6.07, 6.45) is -4.27. The predicted octanol–water partition coefficient (Wildman–Crippen LogP) is 1.32. The molecule has 1 heterocycles. The fraction of sp³-hybridized carbons (Fsp3) is 0.556. The third-order valence-electron chi connectivity index (χ3n) is 4.71. The van der Waals surface area contributed by atoms with Crippen molar-refractivity contribution >= 4 is 33.4 Å². The first-order chi connectivity index (χ1) is 15.4. The number of likely N-dealkylation sites (N-methyl/N-ethyl adjacent to an activating group) is 1. The standard InChI is InChI=1S/C18H24F4N4O6S/c1-4-24(5-6-26(31-2)33(3,29)30)15-13(19)7-11(8-14(15)20)25-10-12(32-18(25)28)9-23-17(27)16(21)22/h7-8,12,16H,4-6,9-10H2,1-3H3,(H,23,27)/t12-/m0/s1. The summed E-state index contributed by atoms with van der Waals surface area (Å²) in [7, 11) is -2.55. The van der Waals surface area contributed by atoms with E-state index < -0.39 is 58.4 Å². The minimum atomic E-state index is -3.69. The van der Waals surface area contributed by atoms with Gasteiger partial charge in [-0.05, 0) is 6.92 Å². The highest BCUT2D eigenvalue weighted by Gasteiger charge is 2.34. The van der Waals surface area contributed by atoms with Gasteiger partial charge in [-0.2, -0.15) is 8.78 Å². The average molecular weight is 500 g/mol. The van der Waals surface area contributed by atoms with Crippen molar-refractivity contribution in [1.82, 2.24) is 9.79 Å². The van der Waals surface area contributed by atoms with Gasteiger partial charge in [0.1, 0.15) is 11.8 Å². The third-order valence-corrected chi connectivity index (χ3v) is 5.78. The number of hydrogen-bond donors (Lipinski definition) is 1. The van der Waals surface area contributed by atoms with E-state index in [1.165, 1.54) is 4.90 Å². The molecular formula is C18H24F4N4O6S. The van der Waals surface area contributed by atoms with Crippen molar-refractivity contribution in [2.75, 3.05) is 55.9 Å². The van der Waals surface area contributed by atoms with Gasteiger partial charge in [0, 0.05) is 25.2 Å². The van der Waals surface area contributed by atoms with Crippen LogP contribution in [0.25, 0.3) is 0 Å². The van der Waals surface area contributed by atoms with Crippen molar-refractivity contribution in [1.29, 1.82) is 0 Å². The lowest BCUT2D eigenvalue weighted by Crippen LogP contribution is -2.38. The summed E-state index contributed by atoms with van der Waals surface area (Å²) < 4.78 is 83.1. The number of hydrogen-bond acceptors (Lipinski definition) is 7. The summed E-state index contributed by atoms with van der Waals surface area (Å²) in [6, 6.07) is 1.79. The Balaban J connectivity index is 2.15. The zero-order chi connectivity index (χ0) is 24.9. The molecule has 1 saturated heterocycles. The molecule has 2 rings (SSSR count). The van der Waals surface area contributed by atoms with E-state index in [1.807, 2.05) is 5.32 Å². The molecule has 1 aromatic carbocycles. The Morgan fingerprint density at radius 1 is 1.30 bits per heavy atom. The molecule has 15 heteroatoms. The number of cyclic esters (lactones) is 1. The predicted molar refractivity (Wildman–Crippen MR) is 109 cm³/mol. The molecule has 0 unspecified atom stereocenters. The molecule has 10 nitrogen and oxygen atoms in total. The summed E-state index contributed by atoms with van der Waals surface area (Å²) in [5.74, 6) is -3.57. The van der Waals surface area contributed by atoms with Crippen LogP contribution in [0.3, 0.4) is 0 Å². The van der Waals surface area contributed by atoms with E-state index in [0.717, 1.165) is 30.4 Å². The number of amides is 2. The smallest absolute Gasteiger partial charge is 0.414 e. The molecule has 1 fully saturated rings. The summed E-state index contributed by atoms with van der Waals surface area (Å²) in [5.41, 5.74) is -0.605. The normalized spacial score (nSPS) is 16.5. The Morgan fingerprint density at radius 2 is 1.91 bits per heavy atom. The zero-order valence-electron chi connectivity index (χ0n) is 18.1. The number of carbonyl (C=O) groups is 2. The Labute approximate surface area is 188 Å². The SMILES string of the molecule is CCN(CCN(OC)S(C)(=O)=O)c1c(F)cc(N2C[C@H](CNC(=O)C(F)F)OC2=O)cc1F. The van der Waals surface area contributed by atoms with Crippen LogP contribution >= 0.6 is 0 Å². The zero-order valence-corrected chi connectivity index (χ0v) is 18.9. The van der Waals surface area contributed by atoms with Crippen molar-refractivity contribution in [3.63, 3.8) is 0 Å². The van der Waals surface area contributed by atoms with Crippen LogP contribution in [0.4, 0.5) is 33.7 Å². The van der Waals surface area contributed by atoms with Crippen LogP contribution in [0.5, 0.6) is 0 Å². The molecule has 1 aliphatic heterocycles. The van der Waals surface area contributed by atoms with Crippen molar-refractivity contribution in [2.45, 2.75) is 19.5 Å². The molecule has 0 spiro atoms. The number of ether oxygens (including phenoxy) is 1. The van der Waals surface area contributed by atoms with Gasteiger partial charge in [0.2, 0.25) is 10.0 Å². The second-order valence-electron chi connectivity index (χ2n) is 6.97. The number of carbonyl (C=O) groups excluding carboxylic acids is 2. The van der Waals surface area contributed by atoms with Crippen LogP contribution in [-0.4, -0.2) is 83.5 Å². The van der Waals surface area contributed by atoms with Crippen LogP contribution in [0, 0.1) is 11.6 Å². The van der Waals surface area contributed by atoms with Gasteiger partial charge in [-0.15, -0.1) is 0 Å². The van der Waals surface area contributed by atoms with Crippen LogP contribution in [0.2, 0.25) is 0 Å². The number of benzene rings is 1. The molecule has 0 aromatic heterocycles. The highest BCUT2D eigenvalue weighted by Crippen LogP contribution is 2.31. The quantitative estimate of drug-likeness (QED) is 0.361. The van der Waals surface area contributed by atoms with E-state index in [4.69, 9.17) is 9.57 Å². The number of sulfonamides is 1. The van der Waals surface area contributed by atoms with Crippen molar-refractivity contribution < 1.29 is 45.1 Å². The Hall–Kier alpha value is -2.65. The number of hydroxylamine groups is 1. The van der Waals surface area contributed by atoms with Gasteiger partial charge in [-0.1, -0.05) is 4.47 Å². The van der Waals surface area contributed by atoms with Crippen molar-refractivity contribution in [2.24, 2.45) is 0 Å². The molecule has 1 aromatic rings. The van der Waals surface area contributed by atoms with E-state index in [-0.39, 0.29) is 31.9 Å². The number of alkyl halides is 2. The lowest BCUT2D eigenvalue weighted by molar-refractivity contribution is -0.132. The number of rotatable bonds is 11. The van der Waals surface area contributed by atoms with Crippen LogP contribution in [0.15, 0.2) is 12.1 Å². The van der Waals surface area contributed by atoms with E-state index in [1.54, 1.807) is 6.92 Å². The Kier molecular flexibility index (Phi) is 8.85. The molecule has 1 atom stereocenters. The fourth-order valence-corrected chi connectivity index (χ4v) is 3.85. The van der Waals surface area contributed by atoms with Gasteiger partial charge >= 0.3 is 12.5 Å². The highest BCUT2D eigenvalue weighted by atomic mass is 32.2. The first kappa shape index (κ1) is 26.6. The molecule has 0 saturated carbocycles. The topological polar surface area (TPSA) is 108 Å².